The molecule has 0 aromatic carbocycles. The zero-order valence-corrected chi connectivity index (χ0v) is 19.2. The topological polar surface area (TPSA) is 157 Å². The second-order valence-corrected chi connectivity index (χ2v) is 8.53. The van der Waals surface area contributed by atoms with Crippen molar-refractivity contribution in [1.82, 2.24) is 21.3 Å². The lowest BCUT2D eigenvalue weighted by Gasteiger charge is -2.15. The van der Waals surface area contributed by atoms with Crippen LogP contribution in [0.25, 0.3) is 0 Å². The number of unbranched alkanes of at least 4 members (excludes halogenated alkanes) is 3. The van der Waals surface area contributed by atoms with Crippen LogP contribution in [0.1, 0.15) is 38.5 Å². The summed E-state index contributed by atoms with van der Waals surface area (Å²) in [5.41, 5.74) is 0. The van der Waals surface area contributed by atoms with Crippen LogP contribution in [0.5, 0.6) is 0 Å². The molecule has 0 radical (unpaired) electrons. The molecule has 10 nitrogen and oxygen atoms in total. The Labute approximate surface area is 186 Å². The fraction of sp³-hybridized carbons (Fsp3) is 0.778. The van der Waals surface area contributed by atoms with Crippen molar-refractivity contribution in [3.05, 3.63) is 0 Å². The summed E-state index contributed by atoms with van der Waals surface area (Å²) < 4.78 is 0. The van der Waals surface area contributed by atoms with Crippen molar-refractivity contribution in [2.45, 2.75) is 50.6 Å². The molecule has 0 aromatic rings. The lowest BCUT2D eigenvalue weighted by molar-refractivity contribution is -0.140. The standard InChI is InChI=1S/C18H34N4O6S2/c1-29-11-7-13(15(23)24)21-17(27)19-9-5-3-4-6-10-20-18(28)22-14(16(25)26)8-12-30-2/h13-14H,3-12H2,1-2H3,(H,23,24)(H,25,26)(H2,19,21,27)(H2,20,22,28)/t13-,14-/m0/s1. The largest absolute Gasteiger partial charge is 0.480 e. The Hall–Kier alpha value is -1.82. The van der Waals surface area contributed by atoms with Gasteiger partial charge in [0.05, 0.1) is 0 Å². The van der Waals surface area contributed by atoms with Crippen LogP contribution in [0, 0.1) is 0 Å². The lowest BCUT2D eigenvalue weighted by Crippen LogP contribution is -2.46. The summed E-state index contributed by atoms with van der Waals surface area (Å²) in [6.07, 6.45) is 7.63. The van der Waals surface area contributed by atoms with Crippen LogP contribution in [0.4, 0.5) is 9.59 Å². The Morgan fingerprint density at radius 1 is 0.700 bits per heavy atom. The molecule has 0 unspecified atom stereocenters. The molecule has 174 valence electrons. The molecule has 0 aromatic heterocycles. The maximum Gasteiger partial charge on any atom is 0.326 e. The Bertz CT molecular complexity index is 493. The molecule has 0 rings (SSSR count). The zero-order valence-electron chi connectivity index (χ0n) is 17.6. The Balaban J connectivity index is 3.79. The number of hydrogen-bond acceptors (Lipinski definition) is 6. The second-order valence-electron chi connectivity index (χ2n) is 6.56. The average Bonchev–Trinajstić information content (AvgIpc) is 2.69. The van der Waals surface area contributed by atoms with Crippen LogP contribution >= 0.6 is 23.5 Å². The van der Waals surface area contributed by atoms with Crippen LogP contribution in [0.2, 0.25) is 0 Å². The minimum Gasteiger partial charge on any atom is -0.480 e. The number of rotatable bonds is 17. The van der Waals surface area contributed by atoms with Crippen molar-refractivity contribution in [2.75, 3.05) is 37.1 Å². The average molecular weight is 467 g/mol. The van der Waals surface area contributed by atoms with Gasteiger partial charge in [0.1, 0.15) is 12.1 Å². The van der Waals surface area contributed by atoms with E-state index in [9.17, 15) is 19.2 Å². The molecule has 0 bridgehead atoms. The highest BCUT2D eigenvalue weighted by Crippen LogP contribution is 2.02. The third-order valence-electron chi connectivity index (χ3n) is 4.10. The summed E-state index contributed by atoms with van der Waals surface area (Å²) in [7, 11) is 0. The SMILES string of the molecule is CSCC[C@H](NC(=O)NCCCCCCNC(=O)N[C@@H](CCSC)C(=O)O)C(=O)O. The van der Waals surface area contributed by atoms with Crippen molar-refractivity contribution < 1.29 is 29.4 Å². The van der Waals surface area contributed by atoms with Gasteiger partial charge in [-0.3, -0.25) is 0 Å². The summed E-state index contributed by atoms with van der Waals surface area (Å²) >= 11 is 3.04. The van der Waals surface area contributed by atoms with E-state index in [2.05, 4.69) is 21.3 Å². The van der Waals surface area contributed by atoms with Gasteiger partial charge >= 0.3 is 24.0 Å². The molecule has 0 aliphatic carbocycles. The second kappa shape index (κ2) is 18.0. The maximum absolute atomic E-state index is 11.7. The van der Waals surface area contributed by atoms with Crippen LogP contribution in [0.3, 0.4) is 0 Å². The molecule has 0 saturated heterocycles. The van der Waals surface area contributed by atoms with E-state index in [4.69, 9.17) is 10.2 Å². The third-order valence-corrected chi connectivity index (χ3v) is 5.39. The molecule has 30 heavy (non-hydrogen) atoms. The number of nitrogens with one attached hydrogen (secondary N) is 4. The van der Waals surface area contributed by atoms with E-state index in [0.29, 0.717) is 37.4 Å². The number of carboxylic acid groups (broad SMARTS) is 2. The number of urea groups is 2. The molecule has 0 saturated carbocycles. The van der Waals surface area contributed by atoms with Crippen molar-refractivity contribution in [1.29, 1.82) is 0 Å². The third kappa shape index (κ3) is 15.1. The van der Waals surface area contributed by atoms with E-state index >= 15 is 0 Å². The predicted molar refractivity (Wildman–Crippen MR) is 120 cm³/mol. The van der Waals surface area contributed by atoms with Crippen LogP contribution in [0.15, 0.2) is 0 Å². The Morgan fingerprint density at radius 3 is 1.37 bits per heavy atom. The minimum absolute atomic E-state index is 0.370. The maximum atomic E-state index is 11.7. The van der Waals surface area contributed by atoms with Crippen molar-refractivity contribution in [3.63, 3.8) is 0 Å². The zero-order chi connectivity index (χ0) is 22.8. The molecule has 0 heterocycles. The molecule has 4 amide bonds. The summed E-state index contributed by atoms with van der Waals surface area (Å²) in [6.45, 7) is 0.870. The lowest BCUT2D eigenvalue weighted by atomic mass is 10.2. The van der Waals surface area contributed by atoms with Gasteiger partial charge in [-0.1, -0.05) is 12.8 Å². The van der Waals surface area contributed by atoms with Gasteiger partial charge in [-0.25, -0.2) is 19.2 Å². The first-order valence-corrected chi connectivity index (χ1v) is 12.6. The smallest absolute Gasteiger partial charge is 0.326 e. The van der Waals surface area contributed by atoms with E-state index < -0.39 is 36.1 Å². The summed E-state index contributed by atoms with van der Waals surface area (Å²) in [6, 6.07) is -2.76. The molecular formula is C18H34N4O6S2. The Kier molecular flexibility index (Phi) is 16.9. The number of carboxylic acids is 2. The molecule has 6 N–H and O–H groups in total. The molecule has 2 atom stereocenters. The van der Waals surface area contributed by atoms with Crippen molar-refractivity contribution in [3.8, 4) is 0 Å². The van der Waals surface area contributed by atoms with Crippen LogP contribution < -0.4 is 21.3 Å². The number of thioether (sulfide) groups is 2. The Morgan fingerprint density at radius 2 is 1.07 bits per heavy atom. The van der Waals surface area contributed by atoms with Gasteiger partial charge in [-0.2, -0.15) is 23.5 Å². The number of amides is 4. The van der Waals surface area contributed by atoms with E-state index in [-0.39, 0.29) is 0 Å². The van der Waals surface area contributed by atoms with Gasteiger partial charge in [0.25, 0.3) is 0 Å². The number of aliphatic carboxylic acids is 2. The first-order valence-electron chi connectivity index (χ1n) is 9.84. The van der Waals surface area contributed by atoms with E-state index in [1.165, 1.54) is 23.5 Å². The van der Waals surface area contributed by atoms with Crippen molar-refractivity contribution >= 4 is 47.5 Å². The molecule has 0 fully saturated rings. The molecule has 0 aliphatic rings. The highest BCUT2D eigenvalue weighted by atomic mass is 32.2. The fourth-order valence-corrected chi connectivity index (χ4v) is 3.35. The van der Waals surface area contributed by atoms with Gasteiger partial charge in [-0.05, 0) is 49.7 Å². The van der Waals surface area contributed by atoms with Gasteiger partial charge in [0, 0.05) is 13.1 Å². The van der Waals surface area contributed by atoms with Gasteiger partial charge in [0.2, 0.25) is 0 Å². The molecular weight excluding hydrogens is 432 g/mol. The molecule has 0 spiro atoms. The normalized spacial score (nSPS) is 12.5. The fourth-order valence-electron chi connectivity index (χ4n) is 2.41. The van der Waals surface area contributed by atoms with Crippen LogP contribution in [-0.4, -0.2) is 83.4 Å². The monoisotopic (exact) mass is 466 g/mol. The first-order chi connectivity index (χ1) is 14.3. The quantitative estimate of drug-likeness (QED) is 0.176. The van der Waals surface area contributed by atoms with E-state index in [1.54, 1.807) is 0 Å². The number of carbonyl (C=O) groups excluding carboxylic acids is 2. The molecule has 12 heteroatoms. The highest BCUT2D eigenvalue weighted by Gasteiger charge is 2.19. The van der Waals surface area contributed by atoms with Gasteiger partial charge in [0.15, 0.2) is 0 Å². The first kappa shape index (κ1) is 28.2. The number of hydrogen-bond donors (Lipinski definition) is 6. The van der Waals surface area contributed by atoms with Gasteiger partial charge in [-0.15, -0.1) is 0 Å². The summed E-state index contributed by atoms with van der Waals surface area (Å²) in [4.78, 5) is 45.7. The minimum atomic E-state index is -1.05. The number of carbonyl (C=O) groups is 4. The van der Waals surface area contributed by atoms with E-state index in [1.807, 2.05) is 12.5 Å². The summed E-state index contributed by atoms with van der Waals surface area (Å²) in [5, 5.41) is 28.3. The summed E-state index contributed by atoms with van der Waals surface area (Å²) in [5.74, 6) is -0.791. The molecule has 0 aliphatic heterocycles. The van der Waals surface area contributed by atoms with Crippen LogP contribution in [-0.2, 0) is 9.59 Å². The van der Waals surface area contributed by atoms with E-state index in [0.717, 1.165) is 25.7 Å². The highest BCUT2D eigenvalue weighted by molar-refractivity contribution is 7.98. The van der Waals surface area contributed by atoms with Crippen molar-refractivity contribution in [2.24, 2.45) is 0 Å². The van der Waals surface area contributed by atoms with Gasteiger partial charge < -0.3 is 31.5 Å². The predicted octanol–water partition coefficient (Wildman–Crippen LogP) is 1.56.